The number of nitrogens with one attached hydrogen (secondary N) is 1. The third-order valence-corrected chi connectivity index (χ3v) is 3.86. The van der Waals surface area contributed by atoms with Crippen molar-refractivity contribution in [2.75, 3.05) is 24.5 Å². The molecule has 18 heavy (non-hydrogen) atoms. The van der Waals surface area contributed by atoms with Crippen LogP contribution in [0, 0.1) is 5.92 Å². The van der Waals surface area contributed by atoms with Crippen LogP contribution in [-0.4, -0.2) is 19.6 Å². The van der Waals surface area contributed by atoms with Crippen LogP contribution in [-0.2, 0) is 6.54 Å². The van der Waals surface area contributed by atoms with Crippen LogP contribution in [0.5, 0.6) is 0 Å². The molecule has 0 aliphatic carbocycles. The van der Waals surface area contributed by atoms with Crippen molar-refractivity contribution in [1.82, 2.24) is 5.32 Å². The maximum atomic E-state index is 6.40. The summed E-state index contributed by atoms with van der Waals surface area (Å²) in [6.07, 6.45) is 2.43. The zero-order valence-electron chi connectivity index (χ0n) is 11.4. The van der Waals surface area contributed by atoms with Crippen molar-refractivity contribution >= 4 is 17.3 Å². The van der Waals surface area contributed by atoms with Gasteiger partial charge in [-0.2, -0.15) is 0 Å². The first-order chi connectivity index (χ1) is 8.72. The van der Waals surface area contributed by atoms with Crippen molar-refractivity contribution in [3.63, 3.8) is 0 Å². The van der Waals surface area contributed by atoms with Crippen LogP contribution in [0.25, 0.3) is 0 Å². The molecule has 0 spiro atoms. The Bertz CT molecular complexity index is 392. The smallest absolute Gasteiger partial charge is 0.0642 e. The second-order valence-corrected chi connectivity index (χ2v) is 5.67. The minimum absolute atomic E-state index is 0.776. The van der Waals surface area contributed by atoms with Gasteiger partial charge in [0.05, 0.1) is 10.7 Å². The van der Waals surface area contributed by atoms with Crippen molar-refractivity contribution in [1.29, 1.82) is 0 Å². The molecular formula is C15H23ClN2. The molecule has 2 rings (SSSR count). The van der Waals surface area contributed by atoms with Gasteiger partial charge in [0, 0.05) is 19.6 Å². The molecular weight excluding hydrogens is 244 g/mol. The summed E-state index contributed by atoms with van der Waals surface area (Å²) in [5.74, 6) is 0.776. The van der Waals surface area contributed by atoms with Crippen molar-refractivity contribution in [2.45, 2.75) is 33.2 Å². The van der Waals surface area contributed by atoms with Crippen LogP contribution in [0.2, 0.25) is 5.02 Å². The quantitative estimate of drug-likeness (QED) is 0.818. The molecule has 1 heterocycles. The van der Waals surface area contributed by atoms with Crippen LogP contribution < -0.4 is 10.2 Å². The Hall–Kier alpha value is -0.730. The fourth-order valence-corrected chi connectivity index (χ4v) is 2.91. The summed E-state index contributed by atoms with van der Waals surface area (Å²) in [7, 11) is 0. The molecule has 1 aromatic rings. The summed E-state index contributed by atoms with van der Waals surface area (Å²) in [4.78, 5) is 2.44. The predicted octanol–water partition coefficient (Wildman–Crippen LogP) is 3.69. The van der Waals surface area contributed by atoms with E-state index in [1.165, 1.54) is 17.7 Å². The molecule has 1 unspecified atom stereocenters. The van der Waals surface area contributed by atoms with Crippen LogP contribution in [0.15, 0.2) is 18.2 Å². The average Bonchev–Trinajstić information content (AvgIpc) is 2.76. The van der Waals surface area contributed by atoms with Gasteiger partial charge in [-0.1, -0.05) is 37.6 Å². The molecule has 2 nitrogen and oxygen atoms in total. The van der Waals surface area contributed by atoms with Crippen molar-refractivity contribution in [2.24, 2.45) is 5.92 Å². The van der Waals surface area contributed by atoms with E-state index in [4.69, 9.17) is 11.6 Å². The van der Waals surface area contributed by atoms with Crippen LogP contribution in [0.1, 0.15) is 32.3 Å². The number of para-hydroxylation sites is 1. The Kier molecular flexibility index (Phi) is 4.90. The van der Waals surface area contributed by atoms with E-state index in [2.05, 4.69) is 30.1 Å². The van der Waals surface area contributed by atoms with Crippen LogP contribution in [0.3, 0.4) is 0 Å². The van der Waals surface area contributed by atoms with Crippen LogP contribution in [0.4, 0.5) is 5.69 Å². The Morgan fingerprint density at radius 3 is 2.94 bits per heavy atom. The molecule has 1 atom stereocenters. The standard InChI is InChI=1S/C15H23ClN2/c1-3-8-17-10-13-5-4-6-14(16)15(13)18-9-7-12(2)11-18/h4-6,12,17H,3,7-11H2,1-2H3. The monoisotopic (exact) mass is 266 g/mol. The number of hydrogen-bond donors (Lipinski definition) is 1. The van der Waals surface area contributed by atoms with Gasteiger partial charge >= 0.3 is 0 Å². The van der Waals surface area contributed by atoms with Gasteiger partial charge < -0.3 is 10.2 Å². The first-order valence-corrected chi connectivity index (χ1v) is 7.33. The minimum Gasteiger partial charge on any atom is -0.370 e. The lowest BCUT2D eigenvalue weighted by atomic mass is 10.1. The highest BCUT2D eigenvalue weighted by atomic mass is 35.5. The Morgan fingerprint density at radius 1 is 1.44 bits per heavy atom. The second kappa shape index (κ2) is 6.44. The predicted molar refractivity (Wildman–Crippen MR) is 79.4 cm³/mol. The van der Waals surface area contributed by atoms with Gasteiger partial charge in [-0.05, 0) is 36.9 Å². The zero-order valence-corrected chi connectivity index (χ0v) is 12.1. The third-order valence-electron chi connectivity index (χ3n) is 3.55. The number of nitrogens with zero attached hydrogens (tertiary/aromatic N) is 1. The normalized spacial score (nSPS) is 19.5. The lowest BCUT2D eigenvalue weighted by Crippen LogP contribution is -2.23. The van der Waals surface area contributed by atoms with E-state index in [1.807, 2.05) is 12.1 Å². The lowest BCUT2D eigenvalue weighted by molar-refractivity contribution is 0.657. The first kappa shape index (κ1) is 13.7. The summed E-state index contributed by atoms with van der Waals surface area (Å²) < 4.78 is 0. The van der Waals surface area contributed by atoms with E-state index >= 15 is 0 Å². The van der Waals surface area contributed by atoms with E-state index in [1.54, 1.807) is 0 Å². The molecule has 1 aromatic carbocycles. The highest BCUT2D eigenvalue weighted by Gasteiger charge is 2.22. The number of halogens is 1. The number of benzene rings is 1. The van der Waals surface area contributed by atoms with Crippen LogP contribution >= 0.6 is 11.6 Å². The van der Waals surface area contributed by atoms with Gasteiger partial charge in [-0.3, -0.25) is 0 Å². The third kappa shape index (κ3) is 3.18. The molecule has 1 N–H and O–H groups in total. The molecule has 1 aliphatic rings. The molecule has 0 aromatic heterocycles. The summed E-state index contributed by atoms with van der Waals surface area (Å²) >= 11 is 6.40. The maximum absolute atomic E-state index is 6.40. The van der Waals surface area contributed by atoms with Gasteiger partial charge in [0.25, 0.3) is 0 Å². The number of hydrogen-bond acceptors (Lipinski definition) is 2. The fourth-order valence-electron chi connectivity index (χ4n) is 2.59. The van der Waals surface area contributed by atoms with Gasteiger partial charge in [0.15, 0.2) is 0 Å². The van der Waals surface area contributed by atoms with E-state index < -0.39 is 0 Å². The van der Waals surface area contributed by atoms with E-state index in [9.17, 15) is 0 Å². The molecule has 1 saturated heterocycles. The zero-order chi connectivity index (χ0) is 13.0. The maximum Gasteiger partial charge on any atom is 0.0642 e. The van der Waals surface area contributed by atoms with E-state index in [-0.39, 0.29) is 0 Å². The van der Waals surface area contributed by atoms with Crippen molar-refractivity contribution in [3.8, 4) is 0 Å². The first-order valence-electron chi connectivity index (χ1n) is 6.95. The highest BCUT2D eigenvalue weighted by Crippen LogP contribution is 2.33. The summed E-state index contributed by atoms with van der Waals surface area (Å²) in [6.45, 7) is 8.73. The van der Waals surface area contributed by atoms with Gasteiger partial charge in [-0.25, -0.2) is 0 Å². The van der Waals surface area contributed by atoms with Crippen molar-refractivity contribution < 1.29 is 0 Å². The number of anilines is 1. The molecule has 0 amide bonds. The molecule has 0 saturated carbocycles. The minimum atomic E-state index is 0.776. The van der Waals surface area contributed by atoms with E-state index in [0.29, 0.717) is 0 Å². The Morgan fingerprint density at radius 2 is 2.28 bits per heavy atom. The Labute approximate surface area is 115 Å². The van der Waals surface area contributed by atoms with E-state index in [0.717, 1.165) is 43.5 Å². The molecule has 1 fully saturated rings. The second-order valence-electron chi connectivity index (χ2n) is 5.26. The summed E-state index contributed by atoms with van der Waals surface area (Å²) in [6, 6.07) is 6.24. The lowest BCUT2D eigenvalue weighted by Gasteiger charge is -2.23. The number of rotatable bonds is 5. The largest absolute Gasteiger partial charge is 0.370 e. The molecule has 3 heteroatoms. The summed E-state index contributed by atoms with van der Waals surface area (Å²) in [5.41, 5.74) is 2.57. The Balaban J connectivity index is 2.15. The van der Waals surface area contributed by atoms with Crippen molar-refractivity contribution in [3.05, 3.63) is 28.8 Å². The molecule has 0 radical (unpaired) electrons. The SMILES string of the molecule is CCCNCc1cccc(Cl)c1N1CCC(C)C1. The van der Waals surface area contributed by atoms with Gasteiger partial charge in [-0.15, -0.1) is 0 Å². The fraction of sp³-hybridized carbons (Fsp3) is 0.600. The average molecular weight is 267 g/mol. The highest BCUT2D eigenvalue weighted by molar-refractivity contribution is 6.33. The molecule has 100 valence electrons. The topological polar surface area (TPSA) is 15.3 Å². The van der Waals surface area contributed by atoms with Gasteiger partial charge in [0.2, 0.25) is 0 Å². The molecule has 1 aliphatic heterocycles. The van der Waals surface area contributed by atoms with Gasteiger partial charge in [0.1, 0.15) is 0 Å². The summed E-state index contributed by atoms with van der Waals surface area (Å²) in [5, 5.41) is 4.36. The molecule has 0 bridgehead atoms.